The van der Waals surface area contributed by atoms with Gasteiger partial charge in [-0.3, -0.25) is 9.59 Å². The number of amides is 1. The Kier molecular flexibility index (Phi) is 4.42. The van der Waals surface area contributed by atoms with E-state index in [1.165, 1.54) is 17.4 Å². The number of benzene rings is 1. The summed E-state index contributed by atoms with van der Waals surface area (Å²) in [5.74, 6) is -1.01. The number of pyridine rings is 1. The quantitative estimate of drug-likeness (QED) is 0.572. The van der Waals surface area contributed by atoms with Gasteiger partial charge in [0.1, 0.15) is 16.1 Å². The van der Waals surface area contributed by atoms with Crippen LogP contribution in [0, 0.1) is 0 Å². The van der Waals surface area contributed by atoms with E-state index in [0.29, 0.717) is 15.2 Å². The summed E-state index contributed by atoms with van der Waals surface area (Å²) in [6.45, 7) is 0. The first-order chi connectivity index (χ1) is 12.5. The molecule has 0 spiro atoms. The number of nitrogens with one attached hydrogen (secondary N) is 2. The van der Waals surface area contributed by atoms with Crippen molar-refractivity contribution in [3.8, 4) is 5.75 Å². The molecule has 0 aliphatic heterocycles. The van der Waals surface area contributed by atoms with Gasteiger partial charge < -0.3 is 15.4 Å². The summed E-state index contributed by atoms with van der Waals surface area (Å²) in [5.41, 5.74) is 0.346. The lowest BCUT2D eigenvalue weighted by atomic mass is 9.96. The van der Waals surface area contributed by atoms with E-state index in [-0.39, 0.29) is 22.0 Å². The van der Waals surface area contributed by atoms with E-state index in [1.54, 1.807) is 12.1 Å². The monoisotopic (exact) mass is 408 g/mol. The average Bonchev–Trinajstić information content (AvgIpc) is 2.96. The standard InChI is InChI=1S/C18H14Cl2N2O3S/c19-8-5-6-10(20)11(7-8)21-16(24)14-15(23)13-9-3-1-2-4-12(9)26-18(13)22-17(14)25/h5-7H,1-4H2,(H,21,24)(H2,22,23,25). The van der Waals surface area contributed by atoms with E-state index in [1.807, 2.05) is 0 Å². The Morgan fingerprint density at radius 2 is 2.00 bits per heavy atom. The van der Waals surface area contributed by atoms with Gasteiger partial charge in [0.2, 0.25) is 0 Å². The largest absolute Gasteiger partial charge is 0.506 e. The number of halogens is 2. The molecular weight excluding hydrogens is 395 g/mol. The molecule has 1 aliphatic carbocycles. The number of thiophene rings is 1. The molecule has 4 rings (SSSR count). The van der Waals surface area contributed by atoms with Gasteiger partial charge in [0.15, 0.2) is 0 Å². The van der Waals surface area contributed by atoms with Gasteiger partial charge in [-0.2, -0.15) is 0 Å². The molecule has 2 heterocycles. The number of hydrogen-bond donors (Lipinski definition) is 3. The number of aromatic amines is 1. The Labute approximate surface area is 162 Å². The van der Waals surface area contributed by atoms with Gasteiger partial charge in [-0.05, 0) is 49.4 Å². The zero-order valence-electron chi connectivity index (χ0n) is 13.5. The van der Waals surface area contributed by atoms with Gasteiger partial charge in [0.25, 0.3) is 11.5 Å². The fourth-order valence-corrected chi connectivity index (χ4v) is 4.91. The summed E-state index contributed by atoms with van der Waals surface area (Å²) in [6, 6.07) is 4.62. The lowest BCUT2D eigenvalue weighted by Gasteiger charge is -2.12. The fourth-order valence-electron chi connectivity index (χ4n) is 3.29. The van der Waals surface area contributed by atoms with Crippen LogP contribution in [0.5, 0.6) is 5.75 Å². The molecular formula is C18H14Cl2N2O3S. The van der Waals surface area contributed by atoms with E-state index in [0.717, 1.165) is 36.1 Å². The van der Waals surface area contributed by atoms with Crippen LogP contribution in [0.4, 0.5) is 5.69 Å². The second-order valence-electron chi connectivity index (χ2n) is 6.17. The van der Waals surface area contributed by atoms with Crippen LogP contribution in [0.2, 0.25) is 10.0 Å². The van der Waals surface area contributed by atoms with Crippen molar-refractivity contribution < 1.29 is 9.90 Å². The molecule has 3 aromatic rings. The lowest BCUT2D eigenvalue weighted by molar-refractivity contribution is 0.102. The van der Waals surface area contributed by atoms with Crippen molar-refractivity contribution in [2.45, 2.75) is 25.7 Å². The highest BCUT2D eigenvalue weighted by Gasteiger charge is 2.25. The van der Waals surface area contributed by atoms with Crippen LogP contribution in [-0.4, -0.2) is 16.0 Å². The first kappa shape index (κ1) is 17.4. The summed E-state index contributed by atoms with van der Waals surface area (Å²) in [7, 11) is 0. The van der Waals surface area contributed by atoms with Crippen molar-refractivity contribution in [2.24, 2.45) is 0 Å². The Bertz CT molecular complexity index is 1100. The molecule has 2 aromatic heterocycles. The van der Waals surface area contributed by atoms with Crippen LogP contribution in [0.1, 0.15) is 33.6 Å². The maximum Gasteiger partial charge on any atom is 0.265 e. The molecule has 0 atom stereocenters. The molecule has 0 saturated heterocycles. The predicted octanol–water partition coefficient (Wildman–Crippen LogP) is 4.73. The van der Waals surface area contributed by atoms with Crippen LogP contribution in [0.3, 0.4) is 0 Å². The zero-order chi connectivity index (χ0) is 18.4. The lowest BCUT2D eigenvalue weighted by Crippen LogP contribution is -2.23. The molecule has 1 amide bonds. The second kappa shape index (κ2) is 6.61. The van der Waals surface area contributed by atoms with Gasteiger partial charge in [-0.1, -0.05) is 23.2 Å². The van der Waals surface area contributed by atoms with Crippen molar-refractivity contribution in [1.82, 2.24) is 4.98 Å². The molecule has 0 bridgehead atoms. The zero-order valence-corrected chi connectivity index (χ0v) is 15.8. The molecule has 1 aliphatic rings. The van der Waals surface area contributed by atoms with Gasteiger partial charge >= 0.3 is 0 Å². The maximum absolute atomic E-state index is 12.7. The molecule has 8 heteroatoms. The molecule has 0 radical (unpaired) electrons. The average molecular weight is 409 g/mol. The molecule has 26 heavy (non-hydrogen) atoms. The minimum atomic E-state index is -0.731. The van der Waals surface area contributed by atoms with Crippen LogP contribution in [0.25, 0.3) is 10.2 Å². The number of fused-ring (bicyclic) bond motifs is 3. The first-order valence-corrected chi connectivity index (χ1v) is 9.69. The van der Waals surface area contributed by atoms with Crippen molar-refractivity contribution >= 4 is 56.3 Å². The second-order valence-corrected chi connectivity index (χ2v) is 8.12. The number of carbonyl (C=O) groups is 1. The number of carbonyl (C=O) groups excluding carboxylic acids is 1. The third-order valence-corrected chi connectivity index (χ3v) is 6.27. The van der Waals surface area contributed by atoms with E-state index in [9.17, 15) is 14.7 Å². The van der Waals surface area contributed by atoms with Crippen molar-refractivity contribution in [1.29, 1.82) is 0 Å². The van der Waals surface area contributed by atoms with Gasteiger partial charge in [0.05, 0.1) is 16.1 Å². The number of anilines is 1. The number of aromatic nitrogens is 1. The van der Waals surface area contributed by atoms with Crippen molar-refractivity contribution in [3.05, 3.63) is 54.6 Å². The maximum atomic E-state index is 12.7. The molecule has 0 unspecified atom stereocenters. The Balaban J connectivity index is 1.82. The number of H-pyrrole nitrogens is 1. The highest BCUT2D eigenvalue weighted by atomic mass is 35.5. The summed E-state index contributed by atoms with van der Waals surface area (Å²) in [5, 5.41) is 14.5. The molecule has 0 fully saturated rings. The predicted molar refractivity (Wildman–Crippen MR) is 105 cm³/mol. The minimum Gasteiger partial charge on any atom is -0.506 e. The SMILES string of the molecule is O=C(Nc1cc(Cl)ccc1Cl)c1c(O)c2c3c(sc2[nH]c1=O)CCCC3. The summed E-state index contributed by atoms with van der Waals surface area (Å²) >= 11 is 13.5. The number of hydrogen-bond acceptors (Lipinski definition) is 4. The van der Waals surface area contributed by atoms with Crippen LogP contribution >= 0.6 is 34.5 Å². The highest BCUT2D eigenvalue weighted by molar-refractivity contribution is 7.18. The van der Waals surface area contributed by atoms with E-state index in [4.69, 9.17) is 23.2 Å². The normalized spacial score (nSPS) is 13.6. The smallest absolute Gasteiger partial charge is 0.265 e. The summed E-state index contributed by atoms with van der Waals surface area (Å²) in [6.07, 6.45) is 3.87. The molecule has 134 valence electrons. The van der Waals surface area contributed by atoms with Crippen LogP contribution in [0.15, 0.2) is 23.0 Å². The number of aryl methyl sites for hydroxylation is 2. The highest BCUT2D eigenvalue weighted by Crippen LogP contribution is 2.40. The minimum absolute atomic E-state index is 0.274. The third kappa shape index (κ3) is 2.88. The topological polar surface area (TPSA) is 82.2 Å². The Hall–Kier alpha value is -2.02. The summed E-state index contributed by atoms with van der Waals surface area (Å²) in [4.78, 5) is 29.6. The van der Waals surface area contributed by atoms with Crippen molar-refractivity contribution in [2.75, 3.05) is 5.32 Å². The molecule has 3 N–H and O–H groups in total. The first-order valence-electron chi connectivity index (χ1n) is 8.11. The Morgan fingerprint density at radius 3 is 2.81 bits per heavy atom. The van der Waals surface area contributed by atoms with E-state index < -0.39 is 11.5 Å². The fraction of sp³-hybridized carbons (Fsp3) is 0.222. The summed E-state index contributed by atoms with van der Waals surface area (Å²) < 4.78 is 0. The number of rotatable bonds is 2. The van der Waals surface area contributed by atoms with E-state index in [2.05, 4.69) is 10.3 Å². The Morgan fingerprint density at radius 1 is 1.23 bits per heavy atom. The van der Waals surface area contributed by atoms with Crippen molar-refractivity contribution in [3.63, 3.8) is 0 Å². The molecule has 5 nitrogen and oxygen atoms in total. The van der Waals surface area contributed by atoms with E-state index >= 15 is 0 Å². The van der Waals surface area contributed by atoms with Crippen LogP contribution < -0.4 is 10.9 Å². The molecule has 0 saturated carbocycles. The molecule has 1 aromatic carbocycles. The number of aromatic hydroxyl groups is 1. The van der Waals surface area contributed by atoms with Gasteiger partial charge in [0, 0.05) is 9.90 Å². The van der Waals surface area contributed by atoms with Gasteiger partial charge in [-0.25, -0.2) is 0 Å². The third-order valence-electron chi connectivity index (χ3n) is 4.50. The van der Waals surface area contributed by atoms with Crippen LogP contribution in [-0.2, 0) is 12.8 Å². The van der Waals surface area contributed by atoms with Gasteiger partial charge in [-0.15, -0.1) is 11.3 Å².